The Morgan fingerprint density at radius 1 is 1.02 bits per heavy atom. The van der Waals surface area contributed by atoms with Gasteiger partial charge in [-0.2, -0.15) is 0 Å². The average Bonchev–Trinajstić information content (AvgIpc) is 3.84. The number of amides is 1. The van der Waals surface area contributed by atoms with Gasteiger partial charge in [0, 0.05) is 32.4 Å². The van der Waals surface area contributed by atoms with Gasteiger partial charge in [0.15, 0.2) is 0 Å². The quantitative estimate of drug-likeness (QED) is 0.207. The Bertz CT molecular complexity index is 1560. The molecule has 0 saturated heterocycles. The van der Waals surface area contributed by atoms with Crippen LogP contribution in [0.2, 0.25) is 0 Å². The molecule has 218 valence electrons. The highest BCUT2D eigenvalue weighted by atomic mass is 19.1. The maximum Gasteiger partial charge on any atom is 0.258 e. The number of hydrogen-bond donors (Lipinski definition) is 1. The number of rotatable bonds is 12. The minimum absolute atomic E-state index is 0.113. The van der Waals surface area contributed by atoms with Gasteiger partial charge in [-0.05, 0) is 99.9 Å². The molecule has 2 aromatic heterocycles. The van der Waals surface area contributed by atoms with Crippen molar-refractivity contribution in [3.63, 3.8) is 0 Å². The number of pyridine rings is 1. The third-order valence-electron chi connectivity index (χ3n) is 7.29. The zero-order valence-corrected chi connectivity index (χ0v) is 24.6. The van der Waals surface area contributed by atoms with Crippen molar-refractivity contribution in [2.75, 3.05) is 44.4 Å². The third kappa shape index (κ3) is 7.09. The topological polar surface area (TPSA) is 83.5 Å². The van der Waals surface area contributed by atoms with E-state index in [2.05, 4.69) is 56.3 Å². The van der Waals surface area contributed by atoms with E-state index in [-0.39, 0.29) is 5.56 Å². The first-order valence-electron chi connectivity index (χ1n) is 14.4. The van der Waals surface area contributed by atoms with E-state index in [0.29, 0.717) is 46.7 Å². The molecule has 5 rings (SSSR count). The molecule has 9 heteroatoms. The summed E-state index contributed by atoms with van der Waals surface area (Å²) in [6.45, 7) is 3.76. The van der Waals surface area contributed by atoms with E-state index in [9.17, 15) is 4.79 Å². The van der Waals surface area contributed by atoms with Gasteiger partial charge in [-0.3, -0.25) is 4.79 Å². The Kier molecular flexibility index (Phi) is 9.07. The lowest BCUT2D eigenvalue weighted by atomic mass is 10.1. The molecule has 2 heterocycles. The second-order valence-electron chi connectivity index (χ2n) is 10.9. The van der Waals surface area contributed by atoms with Gasteiger partial charge in [0.05, 0.1) is 28.2 Å². The molecule has 8 nitrogen and oxygen atoms in total. The van der Waals surface area contributed by atoms with Crippen LogP contribution < -0.4 is 15.0 Å². The Labute approximate surface area is 246 Å². The Balaban J connectivity index is 1.39. The Morgan fingerprint density at radius 2 is 1.86 bits per heavy atom. The van der Waals surface area contributed by atoms with Crippen molar-refractivity contribution in [3.05, 3.63) is 89.8 Å². The molecule has 1 amide bonds. The van der Waals surface area contributed by atoms with E-state index >= 15 is 4.39 Å². The van der Waals surface area contributed by atoms with Gasteiger partial charge in [0.25, 0.3) is 5.91 Å². The number of nitrogens with zero attached hydrogens (tertiary/aromatic N) is 5. The van der Waals surface area contributed by atoms with Crippen LogP contribution in [0.3, 0.4) is 0 Å². The van der Waals surface area contributed by atoms with Crippen molar-refractivity contribution < 1.29 is 13.9 Å². The molecule has 0 atom stereocenters. The van der Waals surface area contributed by atoms with Crippen LogP contribution in [0.15, 0.2) is 67.0 Å². The molecule has 0 spiro atoms. The lowest BCUT2D eigenvalue weighted by Crippen LogP contribution is -2.25. The summed E-state index contributed by atoms with van der Waals surface area (Å²) in [7, 11) is 6.11. The standard InChI is InChI=1S/C33H37FN6O2/c1-5-31-35-17-15-28(37-31)25-8-6-16-36-33(25)42-24-12-13-27(34)26(21-24)32(41)38-29-20-23(22-9-10-22)11-14-30(29)40(4)19-7-18-39(2)3/h6,8,11-17,20-22H,5,7,9-10,18-19H2,1-4H3,(H,38,41). The summed E-state index contributed by atoms with van der Waals surface area (Å²) in [6, 6.07) is 15.8. The van der Waals surface area contributed by atoms with Crippen LogP contribution in [-0.2, 0) is 6.42 Å². The summed E-state index contributed by atoms with van der Waals surface area (Å²) >= 11 is 0. The Morgan fingerprint density at radius 3 is 2.62 bits per heavy atom. The van der Waals surface area contributed by atoms with E-state index in [1.807, 2.05) is 26.1 Å². The molecular formula is C33H37FN6O2. The van der Waals surface area contributed by atoms with Gasteiger partial charge >= 0.3 is 0 Å². The predicted octanol–water partition coefficient (Wildman–Crippen LogP) is 6.55. The molecule has 0 unspecified atom stereocenters. The number of benzene rings is 2. The van der Waals surface area contributed by atoms with Crippen molar-refractivity contribution in [2.45, 2.75) is 38.5 Å². The second-order valence-corrected chi connectivity index (χ2v) is 10.9. The summed E-state index contributed by atoms with van der Waals surface area (Å²) in [5, 5.41) is 2.99. The average molecular weight is 569 g/mol. The molecule has 1 N–H and O–H groups in total. The second kappa shape index (κ2) is 13.1. The molecule has 4 aromatic rings. The fraction of sp³-hybridized carbons (Fsp3) is 0.333. The third-order valence-corrected chi connectivity index (χ3v) is 7.29. The zero-order chi connectivity index (χ0) is 29.6. The lowest BCUT2D eigenvalue weighted by molar-refractivity contribution is 0.102. The molecular weight excluding hydrogens is 531 g/mol. The highest BCUT2D eigenvalue weighted by Crippen LogP contribution is 2.42. The fourth-order valence-corrected chi connectivity index (χ4v) is 4.83. The summed E-state index contributed by atoms with van der Waals surface area (Å²) < 4.78 is 21.1. The van der Waals surface area contributed by atoms with Crippen molar-refractivity contribution in [2.24, 2.45) is 0 Å². The molecule has 1 aliphatic rings. The predicted molar refractivity (Wildman–Crippen MR) is 164 cm³/mol. The fourth-order valence-electron chi connectivity index (χ4n) is 4.83. The molecule has 1 aliphatic carbocycles. The van der Waals surface area contributed by atoms with Crippen LogP contribution in [0.4, 0.5) is 15.8 Å². The number of nitrogens with one attached hydrogen (secondary N) is 1. The van der Waals surface area contributed by atoms with Crippen molar-refractivity contribution in [1.82, 2.24) is 19.9 Å². The van der Waals surface area contributed by atoms with E-state index < -0.39 is 11.7 Å². The minimum Gasteiger partial charge on any atom is -0.438 e. The first-order chi connectivity index (χ1) is 20.3. The normalized spacial score (nSPS) is 12.8. The number of aryl methyl sites for hydroxylation is 1. The van der Waals surface area contributed by atoms with Crippen molar-refractivity contribution >= 4 is 17.3 Å². The lowest BCUT2D eigenvalue weighted by Gasteiger charge is -2.24. The largest absolute Gasteiger partial charge is 0.438 e. The van der Waals surface area contributed by atoms with Gasteiger partial charge in [0.1, 0.15) is 17.4 Å². The SMILES string of the molecule is CCc1nccc(-c2cccnc2Oc2ccc(F)c(C(=O)Nc3cc(C4CC4)ccc3N(C)CCCN(C)C)c2)n1. The Hall–Kier alpha value is -4.37. The van der Waals surface area contributed by atoms with Crippen LogP contribution in [-0.4, -0.2) is 60.0 Å². The number of hydrogen-bond acceptors (Lipinski definition) is 7. The number of ether oxygens (including phenoxy) is 1. The number of halogens is 1. The van der Waals surface area contributed by atoms with Crippen LogP contribution in [0.25, 0.3) is 11.3 Å². The van der Waals surface area contributed by atoms with Crippen molar-refractivity contribution in [3.8, 4) is 22.9 Å². The minimum atomic E-state index is -0.635. The zero-order valence-electron chi connectivity index (χ0n) is 24.6. The summed E-state index contributed by atoms with van der Waals surface area (Å²) in [5.74, 6) is 0.630. The van der Waals surface area contributed by atoms with E-state index in [1.165, 1.54) is 23.8 Å². The highest BCUT2D eigenvalue weighted by molar-refractivity contribution is 6.06. The molecule has 1 fully saturated rings. The highest BCUT2D eigenvalue weighted by Gasteiger charge is 2.25. The smallest absolute Gasteiger partial charge is 0.258 e. The van der Waals surface area contributed by atoms with Gasteiger partial charge < -0.3 is 19.9 Å². The van der Waals surface area contributed by atoms with E-state index in [4.69, 9.17) is 4.74 Å². The van der Waals surface area contributed by atoms with Crippen LogP contribution in [0.1, 0.15) is 53.8 Å². The van der Waals surface area contributed by atoms with Gasteiger partial charge in [0.2, 0.25) is 5.88 Å². The maximum absolute atomic E-state index is 15.0. The van der Waals surface area contributed by atoms with E-state index in [0.717, 1.165) is 38.0 Å². The van der Waals surface area contributed by atoms with Crippen molar-refractivity contribution in [1.29, 1.82) is 0 Å². The number of aromatic nitrogens is 3. The molecule has 0 radical (unpaired) electrons. The first kappa shape index (κ1) is 29.1. The molecule has 42 heavy (non-hydrogen) atoms. The molecule has 0 aliphatic heterocycles. The maximum atomic E-state index is 15.0. The van der Waals surface area contributed by atoms with Crippen LogP contribution in [0, 0.1) is 5.82 Å². The first-order valence-corrected chi connectivity index (χ1v) is 14.4. The number of carbonyl (C=O) groups excluding carboxylic acids is 1. The van der Waals surface area contributed by atoms with Gasteiger partial charge in [-0.15, -0.1) is 0 Å². The number of carbonyl (C=O) groups is 1. The van der Waals surface area contributed by atoms with Crippen LogP contribution >= 0.6 is 0 Å². The van der Waals surface area contributed by atoms with Gasteiger partial charge in [-0.1, -0.05) is 13.0 Å². The monoisotopic (exact) mass is 568 g/mol. The number of anilines is 2. The summed E-state index contributed by atoms with van der Waals surface area (Å²) in [5.41, 5.74) is 3.98. The molecule has 2 aromatic carbocycles. The van der Waals surface area contributed by atoms with E-state index in [1.54, 1.807) is 24.5 Å². The molecule has 1 saturated carbocycles. The van der Waals surface area contributed by atoms with Gasteiger partial charge in [-0.25, -0.2) is 19.3 Å². The summed E-state index contributed by atoms with van der Waals surface area (Å²) in [6.07, 6.45) is 7.26. The summed E-state index contributed by atoms with van der Waals surface area (Å²) in [4.78, 5) is 31.0. The van der Waals surface area contributed by atoms with Crippen LogP contribution in [0.5, 0.6) is 11.6 Å². The molecule has 0 bridgehead atoms.